The highest BCUT2D eigenvalue weighted by atomic mass is 16.5. The van der Waals surface area contributed by atoms with Crippen molar-refractivity contribution in [2.45, 2.75) is 39.7 Å². The number of methoxy groups -OCH3 is 1. The van der Waals surface area contributed by atoms with Crippen LogP contribution in [-0.2, 0) is 14.3 Å². The van der Waals surface area contributed by atoms with Crippen molar-refractivity contribution in [1.82, 2.24) is 4.90 Å². The second-order valence-corrected chi connectivity index (χ2v) is 5.50. The molecule has 5 heteroatoms. The fraction of sp³-hybridized carbons (Fsp3) is 0.846. The van der Waals surface area contributed by atoms with Gasteiger partial charge in [-0.25, -0.2) is 0 Å². The summed E-state index contributed by atoms with van der Waals surface area (Å²) in [5.41, 5.74) is -0.594. The summed E-state index contributed by atoms with van der Waals surface area (Å²) in [6.07, 6.45) is -0.00915. The molecule has 104 valence electrons. The summed E-state index contributed by atoms with van der Waals surface area (Å²) in [7, 11) is 1.51. The molecule has 0 aromatic heterocycles. The molecular formula is C13H23NO4. The average Bonchev–Trinajstić information content (AvgIpc) is 2.49. The first-order chi connectivity index (χ1) is 8.32. The smallest absolute Gasteiger partial charge is 0.235 e. The predicted octanol–water partition coefficient (Wildman–Crippen LogP) is 0.805. The van der Waals surface area contributed by atoms with Crippen molar-refractivity contribution >= 4 is 11.8 Å². The molecule has 0 aliphatic carbocycles. The molecule has 0 spiro atoms. The largest absolute Gasteiger partial charge is 0.391 e. The van der Waals surface area contributed by atoms with Crippen molar-refractivity contribution in [1.29, 1.82) is 0 Å². The molecule has 1 saturated heterocycles. The lowest BCUT2D eigenvalue weighted by Gasteiger charge is -2.26. The molecule has 18 heavy (non-hydrogen) atoms. The third-order valence-corrected chi connectivity index (χ3v) is 3.87. The minimum atomic E-state index is -0.637. The topological polar surface area (TPSA) is 66.8 Å². The van der Waals surface area contributed by atoms with Crippen LogP contribution >= 0.6 is 0 Å². The van der Waals surface area contributed by atoms with E-state index in [1.165, 1.54) is 12.0 Å². The molecule has 0 aromatic carbocycles. The molecule has 0 aromatic rings. The molecule has 2 atom stereocenters. The van der Waals surface area contributed by atoms with Gasteiger partial charge in [0.25, 0.3) is 0 Å². The Morgan fingerprint density at radius 2 is 2.06 bits per heavy atom. The molecule has 1 heterocycles. The van der Waals surface area contributed by atoms with Gasteiger partial charge >= 0.3 is 0 Å². The van der Waals surface area contributed by atoms with E-state index in [4.69, 9.17) is 4.74 Å². The third-order valence-electron chi connectivity index (χ3n) is 3.87. The van der Waals surface area contributed by atoms with Crippen LogP contribution < -0.4 is 0 Å². The van der Waals surface area contributed by atoms with E-state index < -0.39 is 11.5 Å². The lowest BCUT2D eigenvalue weighted by molar-refractivity contribution is -0.142. The number of likely N-dealkylation sites (tertiary alicyclic amines) is 1. The predicted molar refractivity (Wildman–Crippen MR) is 66.8 cm³/mol. The molecule has 1 aliphatic rings. The third kappa shape index (κ3) is 2.90. The molecule has 1 N–H and O–H groups in total. The van der Waals surface area contributed by atoms with Crippen molar-refractivity contribution in [3.05, 3.63) is 0 Å². The van der Waals surface area contributed by atoms with E-state index in [0.29, 0.717) is 6.42 Å². The molecule has 1 fully saturated rings. The van der Waals surface area contributed by atoms with Crippen LogP contribution in [0.3, 0.4) is 0 Å². The number of hydrogen-bond acceptors (Lipinski definition) is 4. The average molecular weight is 257 g/mol. The highest BCUT2D eigenvalue weighted by molar-refractivity contribution is 6.05. The number of carbonyl (C=O) groups excluding carboxylic acids is 2. The molecular weight excluding hydrogens is 234 g/mol. The Kier molecular flexibility index (Phi) is 4.87. The van der Waals surface area contributed by atoms with E-state index in [2.05, 4.69) is 0 Å². The summed E-state index contributed by atoms with van der Waals surface area (Å²) in [5.74, 6) is -0.129. The van der Waals surface area contributed by atoms with E-state index in [1.54, 1.807) is 0 Å². The number of amides is 2. The minimum Gasteiger partial charge on any atom is -0.391 e. The van der Waals surface area contributed by atoms with Gasteiger partial charge in [0.2, 0.25) is 11.8 Å². The van der Waals surface area contributed by atoms with Gasteiger partial charge in [-0.15, -0.1) is 0 Å². The minimum absolute atomic E-state index is 0.118. The van der Waals surface area contributed by atoms with E-state index in [1.807, 2.05) is 20.8 Å². The van der Waals surface area contributed by atoms with Crippen LogP contribution in [0.5, 0.6) is 0 Å². The van der Waals surface area contributed by atoms with E-state index in [9.17, 15) is 14.7 Å². The summed E-state index contributed by atoms with van der Waals surface area (Å²) in [5, 5.41) is 9.55. The molecule has 0 saturated carbocycles. The molecule has 0 bridgehead atoms. The van der Waals surface area contributed by atoms with Crippen molar-refractivity contribution in [3.63, 3.8) is 0 Å². The lowest BCUT2D eigenvalue weighted by Crippen LogP contribution is -2.38. The Balaban J connectivity index is 2.63. The number of nitrogens with zero attached hydrogens (tertiary/aromatic N) is 1. The first kappa shape index (κ1) is 15.1. The molecule has 5 nitrogen and oxygen atoms in total. The number of aliphatic hydroxyl groups is 1. The Hall–Kier alpha value is -0.940. The first-order valence-corrected chi connectivity index (χ1v) is 6.34. The van der Waals surface area contributed by atoms with Gasteiger partial charge in [0.1, 0.15) is 0 Å². The van der Waals surface area contributed by atoms with Crippen LogP contribution in [0.15, 0.2) is 0 Å². The van der Waals surface area contributed by atoms with Gasteiger partial charge in [-0.1, -0.05) is 13.8 Å². The maximum atomic E-state index is 12.2. The van der Waals surface area contributed by atoms with Crippen molar-refractivity contribution in [3.8, 4) is 0 Å². The van der Waals surface area contributed by atoms with Crippen molar-refractivity contribution in [2.75, 3.05) is 20.3 Å². The maximum Gasteiger partial charge on any atom is 0.235 e. The zero-order valence-corrected chi connectivity index (χ0v) is 11.6. The van der Waals surface area contributed by atoms with Gasteiger partial charge in [-0.2, -0.15) is 0 Å². The van der Waals surface area contributed by atoms with Crippen molar-refractivity contribution < 1.29 is 19.4 Å². The summed E-state index contributed by atoms with van der Waals surface area (Å²) in [4.78, 5) is 25.4. The highest BCUT2D eigenvalue weighted by Crippen LogP contribution is 2.39. The SMILES string of the molecule is COCC(O)CCN1C(=O)CC(C)(C(C)C)C1=O. The van der Waals surface area contributed by atoms with Crippen molar-refractivity contribution in [2.24, 2.45) is 11.3 Å². The van der Waals surface area contributed by atoms with Gasteiger partial charge in [-0.05, 0) is 19.3 Å². The summed E-state index contributed by atoms with van der Waals surface area (Å²) in [6, 6.07) is 0. The zero-order chi connectivity index (χ0) is 13.9. The van der Waals surface area contributed by atoms with Crippen LogP contribution in [0.25, 0.3) is 0 Å². The van der Waals surface area contributed by atoms with Crippen LogP contribution in [-0.4, -0.2) is 48.2 Å². The summed E-state index contributed by atoms with van der Waals surface area (Å²) >= 11 is 0. The summed E-state index contributed by atoms with van der Waals surface area (Å²) in [6.45, 7) is 6.23. The van der Waals surface area contributed by atoms with Gasteiger partial charge in [0.15, 0.2) is 0 Å². The molecule has 1 aliphatic heterocycles. The van der Waals surface area contributed by atoms with Gasteiger partial charge in [0, 0.05) is 20.1 Å². The van der Waals surface area contributed by atoms with E-state index in [0.717, 1.165) is 0 Å². The number of imide groups is 1. The Morgan fingerprint density at radius 3 is 2.50 bits per heavy atom. The zero-order valence-electron chi connectivity index (χ0n) is 11.6. The summed E-state index contributed by atoms with van der Waals surface area (Å²) < 4.78 is 4.81. The molecule has 0 radical (unpaired) electrons. The Bertz CT molecular complexity index is 329. The monoisotopic (exact) mass is 257 g/mol. The molecule has 2 amide bonds. The standard InChI is InChI=1S/C13H23NO4/c1-9(2)13(3)7-11(16)14(12(13)17)6-5-10(15)8-18-4/h9-10,15H,5-8H2,1-4H3. The van der Waals surface area contributed by atoms with E-state index >= 15 is 0 Å². The lowest BCUT2D eigenvalue weighted by atomic mass is 9.78. The highest BCUT2D eigenvalue weighted by Gasteiger charge is 2.49. The first-order valence-electron chi connectivity index (χ1n) is 6.34. The number of aliphatic hydroxyl groups excluding tert-OH is 1. The van der Waals surface area contributed by atoms with Crippen LogP contribution in [0, 0.1) is 11.3 Å². The number of hydrogen-bond donors (Lipinski definition) is 1. The number of rotatable bonds is 6. The van der Waals surface area contributed by atoms with Gasteiger partial charge < -0.3 is 9.84 Å². The number of ether oxygens (including phenoxy) is 1. The molecule has 1 rings (SSSR count). The Labute approximate surface area is 108 Å². The van der Waals surface area contributed by atoms with E-state index in [-0.39, 0.29) is 37.3 Å². The second-order valence-electron chi connectivity index (χ2n) is 5.50. The van der Waals surface area contributed by atoms with Crippen LogP contribution in [0.4, 0.5) is 0 Å². The Morgan fingerprint density at radius 1 is 1.44 bits per heavy atom. The van der Waals surface area contributed by atoms with Crippen LogP contribution in [0.1, 0.15) is 33.6 Å². The quantitative estimate of drug-likeness (QED) is 0.715. The second kappa shape index (κ2) is 5.80. The van der Waals surface area contributed by atoms with Crippen LogP contribution in [0.2, 0.25) is 0 Å². The normalized spacial score (nSPS) is 26.2. The maximum absolute atomic E-state index is 12.2. The molecule has 2 unspecified atom stereocenters. The fourth-order valence-electron chi connectivity index (χ4n) is 2.14. The number of carbonyl (C=O) groups is 2. The fourth-order valence-corrected chi connectivity index (χ4v) is 2.14. The van der Waals surface area contributed by atoms with Gasteiger partial charge in [0.05, 0.1) is 18.1 Å². The van der Waals surface area contributed by atoms with Gasteiger partial charge in [-0.3, -0.25) is 14.5 Å².